The fourth-order valence-electron chi connectivity index (χ4n) is 2.48. The van der Waals surface area contributed by atoms with Gasteiger partial charge in [-0.05, 0) is 30.0 Å². The van der Waals surface area contributed by atoms with Crippen molar-refractivity contribution in [2.75, 3.05) is 6.61 Å². The number of hydrogen-bond donors (Lipinski definition) is 1. The maximum absolute atomic E-state index is 12.0. The van der Waals surface area contributed by atoms with Crippen LogP contribution in [0.25, 0.3) is 4.96 Å². The van der Waals surface area contributed by atoms with Gasteiger partial charge in [0, 0.05) is 11.6 Å². The molecule has 2 heterocycles. The average Bonchev–Trinajstić information content (AvgIpc) is 3.14. The highest BCUT2D eigenvalue weighted by atomic mass is 35.5. The molecule has 0 aliphatic carbocycles. The van der Waals surface area contributed by atoms with Crippen molar-refractivity contribution in [1.29, 1.82) is 0 Å². The molecule has 1 aromatic carbocycles. The molecule has 0 saturated heterocycles. The first kappa shape index (κ1) is 18.4. The Kier molecular flexibility index (Phi) is 5.58. The van der Waals surface area contributed by atoms with Crippen molar-refractivity contribution in [3.05, 3.63) is 51.7 Å². The molecule has 1 amide bonds. The molecular weight excluding hydrogens is 372 g/mol. The summed E-state index contributed by atoms with van der Waals surface area (Å²) in [4.78, 5) is 17.0. The van der Waals surface area contributed by atoms with E-state index in [1.807, 2.05) is 36.7 Å². The number of aryl methyl sites for hydroxylation is 1. The van der Waals surface area contributed by atoms with Crippen LogP contribution in [0, 0.1) is 6.92 Å². The normalized spacial score (nSPS) is 11.6. The van der Waals surface area contributed by atoms with Crippen LogP contribution in [0.1, 0.15) is 36.6 Å². The zero-order valence-electron chi connectivity index (χ0n) is 14.7. The van der Waals surface area contributed by atoms with Crippen molar-refractivity contribution in [1.82, 2.24) is 14.8 Å². The summed E-state index contributed by atoms with van der Waals surface area (Å²) in [5.41, 5.74) is 5.21. The standard InChI is InChI=1S/C18H19ClN4O2S/c1-11(2)13-5-4-12(3)8-15(13)25-10-16(24)22-20-9-14-17(19)21-18-23(14)6-7-26-18/h4-9,11H,10H2,1-3H3,(H,22,24)/b20-9-. The van der Waals surface area contributed by atoms with Gasteiger partial charge in [-0.3, -0.25) is 9.20 Å². The van der Waals surface area contributed by atoms with Crippen molar-refractivity contribution in [3.8, 4) is 5.75 Å². The average molecular weight is 391 g/mol. The molecule has 136 valence electrons. The number of hydrazone groups is 1. The predicted octanol–water partition coefficient (Wildman–Crippen LogP) is 4.01. The molecule has 0 radical (unpaired) electrons. The lowest BCUT2D eigenvalue weighted by Gasteiger charge is -2.14. The van der Waals surface area contributed by atoms with E-state index in [0.717, 1.165) is 21.8 Å². The molecule has 0 atom stereocenters. The van der Waals surface area contributed by atoms with Gasteiger partial charge in [0.15, 0.2) is 16.7 Å². The number of ether oxygens (including phenoxy) is 1. The van der Waals surface area contributed by atoms with E-state index in [4.69, 9.17) is 16.3 Å². The Hall–Kier alpha value is -2.38. The molecule has 26 heavy (non-hydrogen) atoms. The number of nitrogens with one attached hydrogen (secondary N) is 1. The van der Waals surface area contributed by atoms with Gasteiger partial charge < -0.3 is 4.74 Å². The second kappa shape index (κ2) is 7.88. The molecule has 0 aliphatic rings. The van der Waals surface area contributed by atoms with Gasteiger partial charge in [0.25, 0.3) is 5.91 Å². The Morgan fingerprint density at radius 1 is 1.50 bits per heavy atom. The fourth-order valence-corrected chi connectivity index (χ4v) is 3.47. The van der Waals surface area contributed by atoms with Crippen LogP contribution in [0.15, 0.2) is 34.9 Å². The summed E-state index contributed by atoms with van der Waals surface area (Å²) in [6, 6.07) is 6.00. The second-order valence-corrected chi connectivity index (χ2v) is 7.35. The number of aromatic nitrogens is 2. The lowest BCUT2D eigenvalue weighted by molar-refractivity contribution is -0.123. The summed E-state index contributed by atoms with van der Waals surface area (Å²) in [7, 11) is 0. The quantitative estimate of drug-likeness (QED) is 0.510. The van der Waals surface area contributed by atoms with Gasteiger partial charge >= 0.3 is 0 Å². The summed E-state index contributed by atoms with van der Waals surface area (Å²) in [5, 5.41) is 6.19. The first-order valence-corrected chi connectivity index (χ1v) is 9.37. The van der Waals surface area contributed by atoms with Crippen LogP contribution in [0.2, 0.25) is 5.15 Å². The molecule has 2 aromatic heterocycles. The van der Waals surface area contributed by atoms with Crippen LogP contribution in [0.4, 0.5) is 0 Å². The van der Waals surface area contributed by atoms with E-state index in [9.17, 15) is 4.79 Å². The number of imidazole rings is 1. The van der Waals surface area contributed by atoms with Gasteiger partial charge in [-0.25, -0.2) is 10.4 Å². The summed E-state index contributed by atoms with van der Waals surface area (Å²) in [6.07, 6.45) is 3.31. The minimum absolute atomic E-state index is 0.117. The number of halogens is 1. The Labute approximate surface area is 160 Å². The number of carbonyl (C=O) groups is 1. The molecule has 3 aromatic rings. The van der Waals surface area contributed by atoms with Gasteiger partial charge in [0.1, 0.15) is 11.4 Å². The summed E-state index contributed by atoms with van der Waals surface area (Å²) in [6.45, 7) is 6.04. The van der Waals surface area contributed by atoms with E-state index in [2.05, 4.69) is 29.4 Å². The van der Waals surface area contributed by atoms with E-state index in [-0.39, 0.29) is 12.5 Å². The molecule has 0 aliphatic heterocycles. The van der Waals surface area contributed by atoms with Crippen molar-refractivity contribution < 1.29 is 9.53 Å². The number of nitrogens with zero attached hydrogens (tertiary/aromatic N) is 3. The second-order valence-electron chi connectivity index (χ2n) is 6.12. The van der Waals surface area contributed by atoms with Crippen molar-refractivity contribution in [2.24, 2.45) is 5.10 Å². The van der Waals surface area contributed by atoms with Crippen LogP contribution in [-0.2, 0) is 4.79 Å². The van der Waals surface area contributed by atoms with Gasteiger partial charge in [-0.2, -0.15) is 5.10 Å². The van der Waals surface area contributed by atoms with Gasteiger partial charge in [-0.15, -0.1) is 11.3 Å². The van der Waals surface area contributed by atoms with Crippen molar-refractivity contribution in [3.63, 3.8) is 0 Å². The van der Waals surface area contributed by atoms with E-state index < -0.39 is 0 Å². The fraction of sp³-hybridized carbons (Fsp3) is 0.278. The van der Waals surface area contributed by atoms with Crippen LogP contribution in [-0.4, -0.2) is 28.1 Å². The number of amides is 1. The Balaban J connectivity index is 1.61. The van der Waals surface area contributed by atoms with E-state index in [1.54, 1.807) is 4.40 Å². The maximum atomic E-state index is 12.0. The highest BCUT2D eigenvalue weighted by Gasteiger charge is 2.11. The number of fused-ring (bicyclic) bond motifs is 1. The van der Waals surface area contributed by atoms with Crippen LogP contribution in [0.3, 0.4) is 0 Å². The molecule has 0 unspecified atom stereocenters. The summed E-state index contributed by atoms with van der Waals surface area (Å²) >= 11 is 7.54. The van der Waals surface area contributed by atoms with Gasteiger partial charge in [0.05, 0.1) is 6.21 Å². The molecule has 0 spiro atoms. The number of hydrogen-bond acceptors (Lipinski definition) is 5. The minimum atomic E-state index is -0.348. The van der Waals surface area contributed by atoms with Gasteiger partial charge in [-0.1, -0.05) is 37.6 Å². The van der Waals surface area contributed by atoms with Crippen LogP contribution >= 0.6 is 22.9 Å². The number of carbonyl (C=O) groups excluding carboxylic acids is 1. The largest absolute Gasteiger partial charge is 0.483 e. The van der Waals surface area contributed by atoms with Crippen LogP contribution in [0.5, 0.6) is 5.75 Å². The molecule has 0 fully saturated rings. The molecule has 1 N–H and O–H groups in total. The highest BCUT2D eigenvalue weighted by Crippen LogP contribution is 2.27. The topological polar surface area (TPSA) is 68.0 Å². The van der Waals surface area contributed by atoms with E-state index in [1.165, 1.54) is 17.6 Å². The zero-order valence-corrected chi connectivity index (χ0v) is 16.3. The van der Waals surface area contributed by atoms with Crippen molar-refractivity contribution >= 4 is 40.0 Å². The van der Waals surface area contributed by atoms with Crippen molar-refractivity contribution in [2.45, 2.75) is 26.7 Å². The third-order valence-corrected chi connectivity index (χ3v) is 4.81. The number of benzene rings is 1. The zero-order chi connectivity index (χ0) is 18.7. The third-order valence-electron chi connectivity index (χ3n) is 3.78. The Morgan fingerprint density at radius 3 is 3.08 bits per heavy atom. The molecule has 8 heteroatoms. The molecular formula is C18H19ClN4O2S. The molecule has 0 saturated carbocycles. The Morgan fingerprint density at radius 2 is 2.31 bits per heavy atom. The SMILES string of the molecule is Cc1ccc(C(C)C)c(OCC(=O)N/N=C\c2c(Cl)nc3sccn23)c1. The lowest BCUT2D eigenvalue weighted by Crippen LogP contribution is -2.25. The molecule has 3 rings (SSSR count). The van der Waals surface area contributed by atoms with Gasteiger partial charge in [0.2, 0.25) is 0 Å². The predicted molar refractivity (Wildman–Crippen MR) is 105 cm³/mol. The summed E-state index contributed by atoms with van der Waals surface area (Å²) < 4.78 is 7.49. The number of thiazole rings is 1. The maximum Gasteiger partial charge on any atom is 0.277 e. The highest BCUT2D eigenvalue weighted by molar-refractivity contribution is 7.15. The lowest BCUT2D eigenvalue weighted by atomic mass is 10.0. The summed E-state index contributed by atoms with van der Waals surface area (Å²) in [5.74, 6) is 0.682. The molecule has 0 bridgehead atoms. The third kappa shape index (κ3) is 4.05. The first-order chi connectivity index (χ1) is 12.5. The minimum Gasteiger partial charge on any atom is -0.483 e. The monoisotopic (exact) mass is 390 g/mol. The van der Waals surface area contributed by atoms with Crippen LogP contribution < -0.4 is 10.2 Å². The molecule has 6 nitrogen and oxygen atoms in total. The van der Waals surface area contributed by atoms with E-state index in [0.29, 0.717) is 16.8 Å². The Bertz CT molecular complexity index is 961. The first-order valence-electron chi connectivity index (χ1n) is 8.12. The smallest absolute Gasteiger partial charge is 0.277 e. The number of rotatable bonds is 6. The van der Waals surface area contributed by atoms with E-state index >= 15 is 0 Å².